The lowest BCUT2D eigenvalue weighted by atomic mass is 9.89. The molecule has 1 atom stereocenters. The van der Waals surface area contributed by atoms with Gasteiger partial charge in [-0.25, -0.2) is 4.98 Å². The number of amides is 1. The van der Waals surface area contributed by atoms with Gasteiger partial charge in [-0.05, 0) is 18.8 Å². The molecule has 0 aliphatic rings. The second kappa shape index (κ2) is 6.29. The third-order valence-corrected chi connectivity index (χ3v) is 3.21. The van der Waals surface area contributed by atoms with E-state index in [9.17, 15) is 9.90 Å². The van der Waals surface area contributed by atoms with Gasteiger partial charge in [-0.1, -0.05) is 20.8 Å². The molecule has 1 aromatic heterocycles. The Balaban J connectivity index is 2.29. The van der Waals surface area contributed by atoms with Crippen molar-refractivity contribution in [1.29, 1.82) is 0 Å². The zero-order valence-electron chi connectivity index (χ0n) is 11.5. The number of aliphatic hydroxyl groups excluding tert-OH is 1. The fourth-order valence-corrected chi connectivity index (χ4v) is 2.34. The molecular weight excluding hydrogens is 248 g/mol. The van der Waals surface area contributed by atoms with Gasteiger partial charge in [-0.2, -0.15) is 0 Å². The van der Waals surface area contributed by atoms with Gasteiger partial charge >= 0.3 is 0 Å². The van der Waals surface area contributed by atoms with Crippen molar-refractivity contribution in [2.24, 2.45) is 5.41 Å². The number of hydrogen-bond acceptors (Lipinski definition) is 4. The van der Waals surface area contributed by atoms with Crippen LogP contribution in [-0.4, -0.2) is 28.6 Å². The van der Waals surface area contributed by atoms with E-state index in [-0.39, 0.29) is 17.7 Å². The van der Waals surface area contributed by atoms with Crippen LogP contribution in [-0.2, 0) is 11.2 Å². The molecule has 1 aromatic rings. The smallest absolute Gasteiger partial charge is 0.226 e. The van der Waals surface area contributed by atoms with Crippen LogP contribution in [0.3, 0.4) is 0 Å². The molecule has 0 saturated carbocycles. The molecule has 0 saturated heterocycles. The van der Waals surface area contributed by atoms with E-state index < -0.39 is 6.10 Å². The average molecular weight is 270 g/mol. The zero-order valence-corrected chi connectivity index (χ0v) is 12.3. The fourth-order valence-electron chi connectivity index (χ4n) is 1.73. The number of aliphatic hydroxyl groups is 1. The number of aromatic nitrogens is 1. The van der Waals surface area contributed by atoms with Gasteiger partial charge in [0.15, 0.2) is 0 Å². The zero-order chi connectivity index (χ0) is 13.8. The molecular formula is C13H22N2O2S. The first-order valence-corrected chi connectivity index (χ1v) is 7.00. The molecule has 1 rings (SSSR count). The van der Waals surface area contributed by atoms with Gasteiger partial charge in [-0.15, -0.1) is 11.3 Å². The van der Waals surface area contributed by atoms with E-state index in [1.54, 1.807) is 0 Å². The van der Waals surface area contributed by atoms with Crippen LogP contribution in [0.25, 0.3) is 0 Å². The third kappa shape index (κ3) is 6.12. The van der Waals surface area contributed by atoms with Gasteiger partial charge in [-0.3, -0.25) is 4.79 Å². The number of hydrogen-bond donors (Lipinski definition) is 2. The van der Waals surface area contributed by atoms with E-state index >= 15 is 0 Å². The van der Waals surface area contributed by atoms with Gasteiger partial charge in [0.2, 0.25) is 5.91 Å². The van der Waals surface area contributed by atoms with Crippen molar-refractivity contribution in [2.45, 2.75) is 46.6 Å². The topological polar surface area (TPSA) is 62.2 Å². The molecule has 0 spiro atoms. The summed E-state index contributed by atoms with van der Waals surface area (Å²) < 4.78 is 0. The van der Waals surface area contributed by atoms with Crippen LogP contribution < -0.4 is 5.32 Å². The lowest BCUT2D eigenvalue weighted by molar-refractivity contribution is -0.121. The van der Waals surface area contributed by atoms with E-state index in [1.165, 1.54) is 11.3 Å². The summed E-state index contributed by atoms with van der Waals surface area (Å²) >= 11 is 1.54. The number of carbonyl (C=O) groups excluding carboxylic acids is 1. The van der Waals surface area contributed by atoms with Crippen molar-refractivity contribution in [3.05, 3.63) is 16.1 Å². The number of nitrogens with one attached hydrogen (secondary N) is 1. The van der Waals surface area contributed by atoms with Gasteiger partial charge < -0.3 is 10.4 Å². The average Bonchev–Trinajstić information content (AvgIpc) is 2.58. The first kappa shape index (κ1) is 15.1. The molecule has 1 heterocycles. The van der Waals surface area contributed by atoms with Crippen LogP contribution in [0.4, 0.5) is 0 Å². The Morgan fingerprint density at radius 2 is 2.22 bits per heavy atom. The summed E-state index contributed by atoms with van der Waals surface area (Å²) in [6.45, 7) is 8.42. The van der Waals surface area contributed by atoms with Crippen LogP contribution in [0.1, 0.15) is 37.9 Å². The Labute approximate surface area is 112 Å². The third-order valence-electron chi connectivity index (χ3n) is 2.39. The highest BCUT2D eigenvalue weighted by Crippen LogP contribution is 2.20. The molecule has 102 valence electrons. The molecule has 2 N–H and O–H groups in total. The largest absolute Gasteiger partial charge is 0.391 e. The molecule has 18 heavy (non-hydrogen) atoms. The van der Waals surface area contributed by atoms with E-state index in [0.717, 1.165) is 10.7 Å². The van der Waals surface area contributed by atoms with Gasteiger partial charge in [0.05, 0.1) is 23.2 Å². The summed E-state index contributed by atoms with van der Waals surface area (Å²) in [6, 6.07) is 0. The van der Waals surface area contributed by atoms with Gasteiger partial charge in [0, 0.05) is 11.9 Å². The summed E-state index contributed by atoms with van der Waals surface area (Å²) in [4.78, 5) is 15.9. The van der Waals surface area contributed by atoms with Crippen LogP contribution in [0.2, 0.25) is 0 Å². The maximum Gasteiger partial charge on any atom is 0.226 e. The summed E-state index contributed by atoms with van der Waals surface area (Å²) in [5, 5.41) is 15.4. The molecule has 0 aromatic carbocycles. The predicted molar refractivity (Wildman–Crippen MR) is 73.6 cm³/mol. The maximum atomic E-state index is 11.6. The van der Waals surface area contributed by atoms with Crippen molar-refractivity contribution in [3.8, 4) is 0 Å². The van der Waals surface area contributed by atoms with Crippen molar-refractivity contribution < 1.29 is 9.90 Å². The molecule has 0 bridgehead atoms. The van der Waals surface area contributed by atoms with E-state index in [1.807, 2.05) is 12.3 Å². The normalized spacial score (nSPS) is 13.4. The highest BCUT2D eigenvalue weighted by molar-refractivity contribution is 7.09. The Morgan fingerprint density at radius 1 is 1.56 bits per heavy atom. The van der Waals surface area contributed by atoms with E-state index in [4.69, 9.17) is 0 Å². The van der Waals surface area contributed by atoms with Crippen molar-refractivity contribution in [2.75, 3.05) is 6.54 Å². The number of nitrogens with zero attached hydrogens (tertiary/aromatic N) is 1. The number of carbonyl (C=O) groups is 1. The Kier molecular flexibility index (Phi) is 5.28. The number of thiazole rings is 1. The van der Waals surface area contributed by atoms with Gasteiger partial charge in [0.25, 0.3) is 0 Å². The van der Waals surface area contributed by atoms with E-state index in [0.29, 0.717) is 13.0 Å². The Bertz CT molecular complexity index is 396. The molecule has 1 unspecified atom stereocenters. The second-order valence-corrected chi connectivity index (χ2v) is 6.82. The quantitative estimate of drug-likeness (QED) is 0.859. The minimum Gasteiger partial charge on any atom is -0.391 e. The first-order valence-electron chi connectivity index (χ1n) is 6.12. The van der Waals surface area contributed by atoms with E-state index in [2.05, 4.69) is 31.1 Å². The maximum absolute atomic E-state index is 11.6. The lowest BCUT2D eigenvalue weighted by Gasteiger charge is -2.22. The summed E-state index contributed by atoms with van der Waals surface area (Å²) in [5.74, 6) is -0.0896. The lowest BCUT2D eigenvalue weighted by Crippen LogP contribution is -2.35. The summed E-state index contributed by atoms with van der Waals surface area (Å²) in [7, 11) is 0. The molecule has 0 aliphatic carbocycles. The van der Waals surface area contributed by atoms with Crippen molar-refractivity contribution in [3.63, 3.8) is 0 Å². The van der Waals surface area contributed by atoms with Crippen molar-refractivity contribution >= 4 is 17.2 Å². The summed E-state index contributed by atoms with van der Waals surface area (Å²) in [6.07, 6.45) is 0.460. The highest BCUT2D eigenvalue weighted by atomic mass is 32.1. The SMILES string of the molecule is Cc1nc(CC(=O)NCC(O)CC(C)(C)C)cs1. The minimum absolute atomic E-state index is 0.0656. The van der Waals surface area contributed by atoms with Crippen LogP contribution >= 0.6 is 11.3 Å². The Hall–Kier alpha value is -0.940. The molecule has 0 fully saturated rings. The van der Waals surface area contributed by atoms with Crippen LogP contribution in [0.15, 0.2) is 5.38 Å². The summed E-state index contributed by atoms with van der Waals surface area (Å²) in [5.41, 5.74) is 0.858. The molecule has 0 radical (unpaired) electrons. The number of aryl methyl sites for hydroxylation is 1. The highest BCUT2D eigenvalue weighted by Gasteiger charge is 2.17. The molecule has 5 heteroatoms. The fraction of sp³-hybridized carbons (Fsp3) is 0.692. The standard InChI is InChI=1S/C13H22N2O2S/c1-9-15-10(8-18-9)5-12(17)14-7-11(16)6-13(2,3)4/h8,11,16H,5-7H2,1-4H3,(H,14,17). The Morgan fingerprint density at radius 3 is 2.72 bits per heavy atom. The minimum atomic E-state index is -0.494. The molecule has 1 amide bonds. The van der Waals surface area contributed by atoms with Crippen LogP contribution in [0, 0.1) is 12.3 Å². The first-order chi connectivity index (χ1) is 8.26. The van der Waals surface area contributed by atoms with Gasteiger partial charge in [0.1, 0.15) is 0 Å². The second-order valence-electron chi connectivity index (χ2n) is 5.76. The number of rotatable bonds is 5. The molecule has 0 aliphatic heterocycles. The van der Waals surface area contributed by atoms with Crippen molar-refractivity contribution in [1.82, 2.24) is 10.3 Å². The monoisotopic (exact) mass is 270 g/mol. The van der Waals surface area contributed by atoms with Crippen LogP contribution in [0.5, 0.6) is 0 Å². The predicted octanol–water partition coefficient (Wildman–Crippen LogP) is 1.91. The molecule has 4 nitrogen and oxygen atoms in total.